The number of methoxy groups -OCH3 is 2. The van der Waals surface area contributed by atoms with Crippen molar-refractivity contribution in [2.24, 2.45) is 0 Å². The first-order valence-corrected chi connectivity index (χ1v) is 9.89. The number of anilines is 1. The van der Waals surface area contributed by atoms with E-state index < -0.39 is 17.7 Å². The Morgan fingerprint density at radius 3 is 2.47 bits per heavy atom. The van der Waals surface area contributed by atoms with E-state index in [1.807, 2.05) is 6.92 Å². The number of hydrogen-bond donors (Lipinski definition) is 1. The monoisotopic (exact) mass is 434 g/mol. The average molecular weight is 434 g/mol. The van der Waals surface area contributed by atoms with Crippen LogP contribution in [0.3, 0.4) is 0 Å². The lowest BCUT2D eigenvalue weighted by Crippen LogP contribution is -2.29. The minimum Gasteiger partial charge on any atom is -0.507 e. The van der Waals surface area contributed by atoms with Crippen molar-refractivity contribution in [1.82, 2.24) is 5.16 Å². The van der Waals surface area contributed by atoms with Gasteiger partial charge in [-0.05, 0) is 55.3 Å². The summed E-state index contributed by atoms with van der Waals surface area (Å²) in [5.74, 6) is -0.0550. The first-order valence-electron chi connectivity index (χ1n) is 9.89. The molecule has 0 saturated carbocycles. The summed E-state index contributed by atoms with van der Waals surface area (Å²) < 4.78 is 15.7. The van der Waals surface area contributed by atoms with Crippen LogP contribution in [0.25, 0.3) is 5.76 Å². The number of carbonyl (C=O) groups is 2. The minimum absolute atomic E-state index is 0.0477. The second-order valence-electron chi connectivity index (χ2n) is 7.43. The average Bonchev–Trinajstić information content (AvgIpc) is 3.33. The van der Waals surface area contributed by atoms with Crippen LogP contribution in [0.1, 0.15) is 28.5 Å². The number of aryl methyl sites for hydroxylation is 2. The molecule has 1 aliphatic rings. The molecule has 1 amide bonds. The van der Waals surface area contributed by atoms with Crippen LogP contribution < -0.4 is 14.4 Å². The van der Waals surface area contributed by atoms with Crippen molar-refractivity contribution in [2.45, 2.75) is 19.9 Å². The predicted octanol–water partition coefficient (Wildman–Crippen LogP) is 3.93. The van der Waals surface area contributed by atoms with E-state index in [1.165, 1.54) is 12.0 Å². The van der Waals surface area contributed by atoms with E-state index in [1.54, 1.807) is 62.6 Å². The molecule has 2 heterocycles. The third-order valence-corrected chi connectivity index (χ3v) is 5.38. The molecular weight excluding hydrogens is 412 g/mol. The molecule has 3 aromatic rings. The number of Topliss-reactive ketones (excluding diaryl/α,β-unsaturated/α-hetero) is 1. The second kappa shape index (κ2) is 8.22. The lowest BCUT2D eigenvalue weighted by atomic mass is 9.94. The SMILES string of the molecule is COc1cccc([C@H]2/C(=C(\O)c3ccc(OC)c(C)c3)C(=O)C(=O)N2c2cc(C)on2)c1. The Morgan fingerprint density at radius 1 is 1.06 bits per heavy atom. The first-order chi connectivity index (χ1) is 15.3. The van der Waals surface area contributed by atoms with Crippen molar-refractivity contribution in [2.75, 3.05) is 19.1 Å². The Kier molecular flexibility index (Phi) is 5.44. The Morgan fingerprint density at radius 2 is 1.84 bits per heavy atom. The largest absolute Gasteiger partial charge is 0.507 e. The lowest BCUT2D eigenvalue weighted by molar-refractivity contribution is -0.132. The smallest absolute Gasteiger partial charge is 0.301 e. The highest BCUT2D eigenvalue weighted by Crippen LogP contribution is 2.42. The lowest BCUT2D eigenvalue weighted by Gasteiger charge is -2.23. The Bertz CT molecular complexity index is 1240. The number of nitrogens with zero attached hydrogens (tertiary/aromatic N) is 2. The van der Waals surface area contributed by atoms with Crippen LogP contribution in [-0.2, 0) is 9.59 Å². The van der Waals surface area contributed by atoms with Gasteiger partial charge in [-0.1, -0.05) is 17.3 Å². The fraction of sp³-hybridized carbons (Fsp3) is 0.208. The Balaban J connectivity index is 1.94. The minimum atomic E-state index is -0.919. The summed E-state index contributed by atoms with van der Waals surface area (Å²) in [4.78, 5) is 27.4. The van der Waals surface area contributed by atoms with Crippen LogP contribution in [0.4, 0.5) is 5.82 Å². The molecule has 4 rings (SSSR count). The number of ether oxygens (including phenoxy) is 2. The number of ketones is 1. The van der Waals surface area contributed by atoms with Gasteiger partial charge in [-0.2, -0.15) is 0 Å². The zero-order valence-corrected chi connectivity index (χ0v) is 18.1. The summed E-state index contributed by atoms with van der Waals surface area (Å²) in [5, 5.41) is 15.1. The molecule has 0 radical (unpaired) electrons. The van der Waals surface area contributed by atoms with Crippen LogP contribution in [0.15, 0.2) is 58.6 Å². The third-order valence-electron chi connectivity index (χ3n) is 5.38. The highest BCUT2D eigenvalue weighted by Gasteiger charge is 2.48. The fourth-order valence-corrected chi connectivity index (χ4v) is 3.84. The van der Waals surface area contributed by atoms with Gasteiger partial charge < -0.3 is 19.1 Å². The zero-order chi connectivity index (χ0) is 23.0. The summed E-state index contributed by atoms with van der Waals surface area (Å²) in [5.41, 5.74) is 1.70. The van der Waals surface area contributed by atoms with Crippen molar-refractivity contribution in [3.05, 3.63) is 76.6 Å². The molecular formula is C24H22N2O6. The topological polar surface area (TPSA) is 102 Å². The molecule has 0 bridgehead atoms. The van der Waals surface area contributed by atoms with Crippen molar-refractivity contribution in [3.63, 3.8) is 0 Å². The predicted molar refractivity (Wildman–Crippen MR) is 117 cm³/mol. The number of amides is 1. The molecule has 164 valence electrons. The van der Waals surface area contributed by atoms with Gasteiger partial charge in [0, 0.05) is 11.6 Å². The fourth-order valence-electron chi connectivity index (χ4n) is 3.84. The van der Waals surface area contributed by atoms with E-state index in [-0.39, 0.29) is 17.2 Å². The molecule has 1 aliphatic heterocycles. The molecule has 2 aromatic carbocycles. The summed E-state index contributed by atoms with van der Waals surface area (Å²) in [6.45, 7) is 3.51. The molecule has 1 fully saturated rings. The van der Waals surface area contributed by atoms with Gasteiger partial charge in [0.1, 0.15) is 23.0 Å². The van der Waals surface area contributed by atoms with Gasteiger partial charge in [-0.15, -0.1) is 0 Å². The van der Waals surface area contributed by atoms with E-state index in [2.05, 4.69) is 5.16 Å². The molecule has 1 atom stereocenters. The highest BCUT2D eigenvalue weighted by atomic mass is 16.5. The van der Waals surface area contributed by atoms with Crippen LogP contribution >= 0.6 is 0 Å². The van der Waals surface area contributed by atoms with Crippen molar-refractivity contribution in [1.29, 1.82) is 0 Å². The molecule has 0 aliphatic carbocycles. The molecule has 1 N–H and O–H groups in total. The van der Waals surface area contributed by atoms with E-state index in [0.717, 1.165) is 5.56 Å². The number of benzene rings is 2. The maximum absolute atomic E-state index is 13.1. The van der Waals surface area contributed by atoms with E-state index in [4.69, 9.17) is 14.0 Å². The first kappa shape index (κ1) is 21.2. The van der Waals surface area contributed by atoms with E-state index in [0.29, 0.717) is 28.4 Å². The van der Waals surface area contributed by atoms with E-state index >= 15 is 0 Å². The van der Waals surface area contributed by atoms with Gasteiger partial charge in [0.2, 0.25) is 0 Å². The normalized spacial score (nSPS) is 17.6. The molecule has 0 spiro atoms. The van der Waals surface area contributed by atoms with Crippen molar-refractivity contribution in [3.8, 4) is 11.5 Å². The quantitative estimate of drug-likeness (QED) is 0.369. The highest BCUT2D eigenvalue weighted by molar-refractivity contribution is 6.51. The molecule has 8 nitrogen and oxygen atoms in total. The summed E-state index contributed by atoms with van der Waals surface area (Å²) in [6, 6.07) is 12.6. The molecule has 8 heteroatoms. The third kappa shape index (κ3) is 3.49. The van der Waals surface area contributed by atoms with Crippen LogP contribution in [0.2, 0.25) is 0 Å². The Hall–Kier alpha value is -4.07. The van der Waals surface area contributed by atoms with Gasteiger partial charge in [0.15, 0.2) is 5.82 Å². The van der Waals surface area contributed by atoms with Crippen LogP contribution in [0.5, 0.6) is 11.5 Å². The number of aliphatic hydroxyl groups is 1. The summed E-state index contributed by atoms with van der Waals surface area (Å²) >= 11 is 0. The number of hydrogen-bond acceptors (Lipinski definition) is 7. The molecule has 1 aromatic heterocycles. The zero-order valence-electron chi connectivity index (χ0n) is 18.1. The van der Waals surface area contributed by atoms with Gasteiger partial charge in [-0.3, -0.25) is 14.5 Å². The number of rotatable bonds is 5. The maximum Gasteiger partial charge on any atom is 0.301 e. The summed E-state index contributed by atoms with van der Waals surface area (Å²) in [7, 11) is 3.08. The number of aliphatic hydroxyl groups excluding tert-OH is 1. The number of aromatic nitrogens is 1. The molecule has 0 unspecified atom stereocenters. The van der Waals surface area contributed by atoms with Crippen molar-refractivity contribution >= 4 is 23.3 Å². The Labute approximate surface area is 184 Å². The van der Waals surface area contributed by atoms with Gasteiger partial charge in [0.05, 0.1) is 25.8 Å². The number of carbonyl (C=O) groups excluding carboxylic acids is 2. The van der Waals surface area contributed by atoms with Gasteiger partial charge in [-0.25, -0.2) is 0 Å². The van der Waals surface area contributed by atoms with E-state index in [9.17, 15) is 14.7 Å². The molecule has 32 heavy (non-hydrogen) atoms. The summed E-state index contributed by atoms with van der Waals surface area (Å²) in [6.07, 6.45) is 0. The van der Waals surface area contributed by atoms with Crippen molar-refractivity contribution < 1.29 is 28.7 Å². The van der Waals surface area contributed by atoms with Gasteiger partial charge in [0.25, 0.3) is 5.78 Å². The van der Waals surface area contributed by atoms with Crippen LogP contribution in [0, 0.1) is 13.8 Å². The maximum atomic E-state index is 13.1. The van der Waals surface area contributed by atoms with Crippen LogP contribution in [-0.4, -0.2) is 36.2 Å². The molecule has 1 saturated heterocycles. The second-order valence-corrected chi connectivity index (χ2v) is 7.43. The van der Waals surface area contributed by atoms with Gasteiger partial charge >= 0.3 is 5.91 Å². The standard InChI is InChI=1S/C24H22N2O6/c1-13-10-16(8-9-18(13)31-4)22(27)20-21(15-6-5-7-17(12-15)30-3)26(24(29)23(20)28)19-11-14(2)32-25-19/h5-12,21,27H,1-4H3/b22-20+/t21-/m0/s1.